The third-order valence-corrected chi connectivity index (χ3v) is 3.22. The van der Waals surface area contributed by atoms with E-state index in [9.17, 15) is 4.79 Å². The minimum atomic E-state index is -0.358. The average molecular weight is 318 g/mol. The van der Waals surface area contributed by atoms with Gasteiger partial charge in [-0.15, -0.1) is 0 Å². The Labute approximate surface area is 135 Å². The quantitative estimate of drug-likeness (QED) is 0.299. The largest absolute Gasteiger partial charge is 0.377 e. The topological polar surface area (TPSA) is 82.8 Å². The van der Waals surface area contributed by atoms with Crippen molar-refractivity contribution in [2.75, 3.05) is 33.0 Å². The lowest BCUT2D eigenvalue weighted by Gasteiger charge is -2.07. The van der Waals surface area contributed by atoms with Gasteiger partial charge in [0.05, 0.1) is 33.0 Å². The second-order valence-electron chi connectivity index (χ2n) is 4.97. The normalized spacial score (nSPS) is 10.8. The van der Waals surface area contributed by atoms with Gasteiger partial charge in [-0.25, -0.2) is 5.84 Å². The number of carbonyl (C=O) groups excluding carboxylic acids is 1. The Balaban J connectivity index is 1.54. The molecule has 124 valence electrons. The van der Waals surface area contributed by atoms with Crippen LogP contribution in [0.15, 0.2) is 42.5 Å². The van der Waals surface area contributed by atoms with Gasteiger partial charge in [-0.05, 0) is 22.4 Å². The van der Waals surface area contributed by atoms with E-state index in [-0.39, 0.29) is 12.5 Å². The smallest absolute Gasteiger partial charge is 0.259 e. The molecule has 0 aliphatic heterocycles. The average Bonchev–Trinajstić information content (AvgIpc) is 2.59. The summed E-state index contributed by atoms with van der Waals surface area (Å²) < 4.78 is 16.0. The lowest BCUT2D eigenvalue weighted by atomic mass is 10.1. The van der Waals surface area contributed by atoms with Crippen molar-refractivity contribution in [3.8, 4) is 0 Å². The Morgan fingerprint density at radius 3 is 2.39 bits per heavy atom. The number of carbonyl (C=O) groups is 1. The molecule has 6 nitrogen and oxygen atoms in total. The van der Waals surface area contributed by atoms with Gasteiger partial charge in [0.15, 0.2) is 0 Å². The van der Waals surface area contributed by atoms with Gasteiger partial charge in [0.2, 0.25) is 0 Å². The van der Waals surface area contributed by atoms with Crippen molar-refractivity contribution in [3.63, 3.8) is 0 Å². The molecule has 0 fully saturated rings. The van der Waals surface area contributed by atoms with Gasteiger partial charge in [0, 0.05) is 0 Å². The van der Waals surface area contributed by atoms with Crippen LogP contribution in [-0.2, 0) is 25.6 Å². The van der Waals surface area contributed by atoms with Crippen molar-refractivity contribution >= 4 is 16.7 Å². The van der Waals surface area contributed by atoms with Gasteiger partial charge in [0.1, 0.15) is 6.61 Å². The van der Waals surface area contributed by atoms with Gasteiger partial charge >= 0.3 is 0 Å². The molecule has 0 saturated heterocycles. The number of benzene rings is 2. The summed E-state index contributed by atoms with van der Waals surface area (Å²) in [6, 6.07) is 14.5. The number of fused-ring (bicyclic) bond motifs is 1. The number of hydrogen-bond acceptors (Lipinski definition) is 5. The van der Waals surface area contributed by atoms with E-state index in [1.807, 2.05) is 17.6 Å². The third kappa shape index (κ3) is 6.33. The minimum absolute atomic E-state index is 0.0572. The van der Waals surface area contributed by atoms with Gasteiger partial charge < -0.3 is 14.2 Å². The van der Waals surface area contributed by atoms with Crippen molar-refractivity contribution in [2.45, 2.75) is 6.61 Å². The van der Waals surface area contributed by atoms with Crippen LogP contribution in [0.2, 0.25) is 0 Å². The van der Waals surface area contributed by atoms with Gasteiger partial charge in [-0.1, -0.05) is 36.4 Å². The van der Waals surface area contributed by atoms with Crippen LogP contribution in [0.5, 0.6) is 0 Å². The Kier molecular flexibility index (Phi) is 7.48. The molecule has 0 aromatic heterocycles. The van der Waals surface area contributed by atoms with Gasteiger partial charge in [-0.3, -0.25) is 10.2 Å². The van der Waals surface area contributed by atoms with Crippen molar-refractivity contribution < 1.29 is 19.0 Å². The molecule has 3 N–H and O–H groups in total. The van der Waals surface area contributed by atoms with E-state index >= 15 is 0 Å². The minimum Gasteiger partial charge on any atom is -0.377 e. The highest BCUT2D eigenvalue weighted by molar-refractivity contribution is 5.82. The Morgan fingerprint density at radius 1 is 0.913 bits per heavy atom. The van der Waals surface area contributed by atoms with Crippen LogP contribution in [0.3, 0.4) is 0 Å². The molecule has 2 aromatic rings. The molecular formula is C17H22N2O4. The second kappa shape index (κ2) is 9.91. The van der Waals surface area contributed by atoms with Crippen LogP contribution in [0.4, 0.5) is 0 Å². The van der Waals surface area contributed by atoms with Crippen LogP contribution >= 0.6 is 0 Å². The van der Waals surface area contributed by atoms with Crippen molar-refractivity contribution in [2.24, 2.45) is 5.84 Å². The highest BCUT2D eigenvalue weighted by Crippen LogP contribution is 2.16. The van der Waals surface area contributed by atoms with Crippen molar-refractivity contribution in [1.82, 2.24) is 5.43 Å². The maximum Gasteiger partial charge on any atom is 0.259 e. The first-order valence-electron chi connectivity index (χ1n) is 7.50. The Hall–Kier alpha value is -1.99. The number of hydrogen-bond donors (Lipinski definition) is 2. The zero-order valence-electron chi connectivity index (χ0n) is 13.0. The molecule has 0 heterocycles. The van der Waals surface area contributed by atoms with E-state index in [0.717, 1.165) is 5.56 Å². The lowest BCUT2D eigenvalue weighted by molar-refractivity contribution is -0.126. The molecule has 0 spiro atoms. The van der Waals surface area contributed by atoms with E-state index in [1.165, 1.54) is 10.8 Å². The molecule has 2 rings (SSSR count). The summed E-state index contributed by atoms with van der Waals surface area (Å²) in [7, 11) is 0. The highest BCUT2D eigenvalue weighted by atomic mass is 16.5. The molecule has 0 atom stereocenters. The molecular weight excluding hydrogens is 296 g/mol. The first kappa shape index (κ1) is 17.4. The molecule has 6 heteroatoms. The summed E-state index contributed by atoms with van der Waals surface area (Å²) in [6.07, 6.45) is 0. The maximum absolute atomic E-state index is 10.8. The van der Waals surface area contributed by atoms with Crippen LogP contribution in [-0.4, -0.2) is 38.9 Å². The van der Waals surface area contributed by atoms with E-state index in [4.69, 9.17) is 20.1 Å². The summed E-state index contributed by atoms with van der Waals surface area (Å²) >= 11 is 0. The predicted octanol–water partition coefficient (Wildman–Crippen LogP) is 1.38. The number of nitrogens with one attached hydrogen (secondary N) is 1. The molecule has 0 radical (unpaired) electrons. The zero-order chi connectivity index (χ0) is 16.3. The fraction of sp³-hybridized carbons (Fsp3) is 0.353. The first-order chi connectivity index (χ1) is 11.3. The summed E-state index contributed by atoms with van der Waals surface area (Å²) in [5, 5.41) is 2.44. The van der Waals surface area contributed by atoms with Crippen molar-refractivity contribution in [3.05, 3.63) is 48.0 Å². The molecule has 0 bridgehead atoms. The highest BCUT2D eigenvalue weighted by Gasteiger charge is 1.98. The van der Waals surface area contributed by atoms with Gasteiger partial charge in [0.25, 0.3) is 5.91 Å². The molecule has 1 amide bonds. The van der Waals surface area contributed by atoms with Crippen LogP contribution < -0.4 is 11.3 Å². The molecule has 0 unspecified atom stereocenters. The van der Waals surface area contributed by atoms with Crippen LogP contribution in [0.25, 0.3) is 10.8 Å². The first-order valence-corrected chi connectivity index (χ1v) is 7.50. The van der Waals surface area contributed by atoms with Crippen LogP contribution in [0, 0.1) is 0 Å². The lowest BCUT2D eigenvalue weighted by Crippen LogP contribution is -2.33. The molecule has 23 heavy (non-hydrogen) atoms. The van der Waals surface area contributed by atoms with Crippen LogP contribution in [0.1, 0.15) is 5.56 Å². The summed E-state index contributed by atoms with van der Waals surface area (Å²) in [5.74, 6) is 4.56. The summed E-state index contributed by atoms with van der Waals surface area (Å²) in [6.45, 7) is 2.26. The third-order valence-electron chi connectivity index (χ3n) is 3.22. The SMILES string of the molecule is NNC(=O)COCCOCCOCc1ccc2ccccc2c1. The Morgan fingerprint density at radius 2 is 1.61 bits per heavy atom. The standard InChI is InChI=1S/C17H22N2O4/c18-19-17(20)13-23-10-8-21-7-9-22-12-14-5-6-15-3-1-2-4-16(15)11-14/h1-6,11H,7-10,12-13,18H2,(H,19,20). The number of nitrogens with two attached hydrogens (primary N) is 1. The number of hydrazine groups is 1. The van der Waals surface area contributed by atoms with Crippen molar-refractivity contribution in [1.29, 1.82) is 0 Å². The summed E-state index contributed by atoms with van der Waals surface area (Å²) in [5.41, 5.74) is 3.12. The summed E-state index contributed by atoms with van der Waals surface area (Å²) in [4.78, 5) is 10.8. The number of ether oxygens (including phenoxy) is 3. The number of amides is 1. The van der Waals surface area contributed by atoms with E-state index < -0.39 is 0 Å². The molecule has 0 saturated carbocycles. The Bertz CT molecular complexity index is 618. The predicted molar refractivity (Wildman–Crippen MR) is 87.6 cm³/mol. The monoisotopic (exact) mass is 318 g/mol. The molecule has 2 aromatic carbocycles. The van der Waals surface area contributed by atoms with E-state index in [2.05, 4.69) is 30.3 Å². The fourth-order valence-electron chi connectivity index (χ4n) is 2.06. The van der Waals surface area contributed by atoms with Gasteiger partial charge in [-0.2, -0.15) is 0 Å². The second-order valence-corrected chi connectivity index (χ2v) is 4.97. The molecule has 0 aliphatic carbocycles. The molecule has 0 aliphatic rings. The zero-order valence-corrected chi connectivity index (χ0v) is 13.0. The maximum atomic E-state index is 10.8. The van der Waals surface area contributed by atoms with E-state index in [0.29, 0.717) is 33.0 Å². The fourth-order valence-corrected chi connectivity index (χ4v) is 2.06. The number of rotatable bonds is 10. The van der Waals surface area contributed by atoms with E-state index in [1.54, 1.807) is 0 Å².